The summed E-state index contributed by atoms with van der Waals surface area (Å²) in [6, 6.07) is 21.2. The lowest BCUT2D eigenvalue weighted by atomic mass is 9.93. The number of benzene rings is 2. The molecule has 22 heavy (non-hydrogen) atoms. The van der Waals surface area contributed by atoms with E-state index >= 15 is 0 Å². The fourth-order valence-corrected chi connectivity index (χ4v) is 4.15. The zero-order chi connectivity index (χ0) is 15.2. The molecule has 0 unspecified atom stereocenters. The third-order valence-electron chi connectivity index (χ3n) is 4.15. The third-order valence-corrected chi connectivity index (χ3v) is 5.54. The summed E-state index contributed by atoms with van der Waals surface area (Å²) in [5.74, 6) is 0. The van der Waals surface area contributed by atoms with Crippen LogP contribution in [0.2, 0.25) is 0 Å². The Morgan fingerprint density at radius 2 is 1.64 bits per heavy atom. The summed E-state index contributed by atoms with van der Waals surface area (Å²) in [6.07, 6.45) is 3.47. The summed E-state index contributed by atoms with van der Waals surface area (Å²) < 4.78 is 6.12. The van der Waals surface area contributed by atoms with Crippen molar-refractivity contribution in [1.82, 2.24) is 0 Å². The van der Waals surface area contributed by atoms with E-state index in [1.54, 1.807) is 0 Å². The van der Waals surface area contributed by atoms with Gasteiger partial charge in [-0.2, -0.15) is 0 Å². The first-order chi connectivity index (χ1) is 10.8. The predicted molar refractivity (Wildman–Crippen MR) is 92.9 cm³/mol. The average Bonchev–Trinajstić information content (AvgIpc) is 2.57. The van der Waals surface area contributed by atoms with Gasteiger partial charge in [-0.1, -0.05) is 48.5 Å². The van der Waals surface area contributed by atoms with Crippen molar-refractivity contribution in [1.29, 1.82) is 0 Å². The molecule has 0 saturated heterocycles. The molecular weight excluding hydrogens is 290 g/mol. The molecule has 0 radical (unpaired) electrons. The average molecular weight is 313 g/mol. The van der Waals surface area contributed by atoms with Crippen LogP contribution < -0.4 is 5.73 Å². The maximum absolute atomic E-state index is 6.32. The van der Waals surface area contributed by atoms with Gasteiger partial charge in [-0.25, -0.2) is 0 Å². The largest absolute Gasteiger partial charge is 0.374 e. The molecule has 0 heterocycles. The molecule has 2 nitrogen and oxygen atoms in total. The van der Waals surface area contributed by atoms with Gasteiger partial charge >= 0.3 is 0 Å². The minimum Gasteiger partial charge on any atom is -0.374 e. The molecule has 3 atom stereocenters. The van der Waals surface area contributed by atoms with E-state index in [4.69, 9.17) is 10.5 Å². The number of ether oxygens (including phenoxy) is 1. The van der Waals surface area contributed by atoms with Gasteiger partial charge in [-0.15, -0.1) is 11.8 Å². The first-order valence-corrected chi connectivity index (χ1v) is 8.82. The van der Waals surface area contributed by atoms with Crippen LogP contribution in [-0.2, 0) is 11.3 Å². The number of rotatable bonds is 5. The molecule has 0 aliphatic heterocycles. The second-order valence-electron chi connectivity index (χ2n) is 5.86. The van der Waals surface area contributed by atoms with Crippen LogP contribution in [0.5, 0.6) is 0 Å². The molecule has 3 heteroatoms. The van der Waals surface area contributed by atoms with Crippen molar-refractivity contribution >= 4 is 11.8 Å². The molecule has 0 spiro atoms. The van der Waals surface area contributed by atoms with Gasteiger partial charge in [-0.3, -0.25) is 0 Å². The summed E-state index contributed by atoms with van der Waals surface area (Å²) in [6.45, 7) is 0.698. The Hall–Kier alpha value is -1.29. The summed E-state index contributed by atoms with van der Waals surface area (Å²) in [4.78, 5) is 1.30. The highest BCUT2D eigenvalue weighted by Gasteiger charge is 2.29. The van der Waals surface area contributed by atoms with Crippen LogP contribution >= 0.6 is 11.8 Å². The van der Waals surface area contributed by atoms with Crippen molar-refractivity contribution in [3.63, 3.8) is 0 Å². The summed E-state index contributed by atoms with van der Waals surface area (Å²) in [7, 11) is 0. The van der Waals surface area contributed by atoms with Crippen LogP contribution in [0.1, 0.15) is 24.8 Å². The molecule has 1 aliphatic carbocycles. The fourth-order valence-electron chi connectivity index (χ4n) is 2.87. The lowest BCUT2D eigenvalue weighted by Gasteiger charge is -2.33. The van der Waals surface area contributed by atoms with Gasteiger partial charge in [0.25, 0.3) is 0 Å². The highest BCUT2D eigenvalue weighted by molar-refractivity contribution is 8.00. The second kappa shape index (κ2) is 7.82. The molecule has 3 rings (SSSR count). The second-order valence-corrected chi connectivity index (χ2v) is 7.18. The lowest BCUT2D eigenvalue weighted by Crippen LogP contribution is -2.40. The lowest BCUT2D eigenvalue weighted by molar-refractivity contribution is 0.0155. The zero-order valence-corrected chi connectivity index (χ0v) is 13.5. The molecule has 1 aliphatic rings. The molecule has 2 aromatic rings. The number of hydrogen-bond donors (Lipinski definition) is 1. The van der Waals surface area contributed by atoms with Gasteiger partial charge in [0.1, 0.15) is 0 Å². The first kappa shape index (κ1) is 15.6. The van der Waals surface area contributed by atoms with E-state index in [0.29, 0.717) is 18.0 Å². The smallest absolute Gasteiger partial charge is 0.0720 e. The maximum atomic E-state index is 6.32. The number of nitrogens with two attached hydrogens (primary N) is 1. The molecular formula is C19H23NOS. The van der Waals surface area contributed by atoms with Crippen LogP contribution in [0.4, 0.5) is 0 Å². The molecule has 0 bridgehead atoms. The number of thioether (sulfide) groups is 1. The molecule has 1 fully saturated rings. The molecule has 2 N–H and O–H groups in total. The topological polar surface area (TPSA) is 35.2 Å². The van der Waals surface area contributed by atoms with Gasteiger partial charge < -0.3 is 10.5 Å². The Morgan fingerprint density at radius 3 is 2.36 bits per heavy atom. The number of hydrogen-bond acceptors (Lipinski definition) is 3. The van der Waals surface area contributed by atoms with E-state index in [2.05, 4.69) is 54.6 Å². The molecule has 0 aromatic heterocycles. The van der Waals surface area contributed by atoms with Crippen LogP contribution in [0, 0.1) is 0 Å². The highest BCUT2D eigenvalue weighted by Crippen LogP contribution is 2.34. The normalized spacial score (nSPS) is 25.0. The van der Waals surface area contributed by atoms with E-state index in [9.17, 15) is 0 Å². The van der Waals surface area contributed by atoms with Crippen molar-refractivity contribution in [3.05, 3.63) is 66.2 Å². The van der Waals surface area contributed by atoms with Gasteiger partial charge in [-0.05, 0) is 37.0 Å². The highest BCUT2D eigenvalue weighted by atomic mass is 32.2. The third kappa shape index (κ3) is 4.35. The summed E-state index contributed by atoms with van der Waals surface area (Å²) in [5.41, 5.74) is 7.56. The van der Waals surface area contributed by atoms with E-state index in [0.717, 1.165) is 19.3 Å². The Kier molecular flexibility index (Phi) is 5.54. The molecule has 1 saturated carbocycles. The minimum atomic E-state index is 0.266. The Morgan fingerprint density at radius 1 is 0.955 bits per heavy atom. The van der Waals surface area contributed by atoms with Crippen LogP contribution in [0.15, 0.2) is 65.6 Å². The quantitative estimate of drug-likeness (QED) is 0.896. The van der Waals surface area contributed by atoms with Gasteiger partial charge in [0.15, 0.2) is 0 Å². The van der Waals surface area contributed by atoms with Crippen LogP contribution in [0.3, 0.4) is 0 Å². The Labute approximate surface area is 137 Å². The standard InChI is InChI=1S/C19H23NOS/c20-18-12-11-16(21-14-15-7-3-1-4-8-15)13-19(18)22-17-9-5-2-6-10-17/h1-10,16,18-19H,11-14,20H2/t16-,18-,19-/m0/s1. The fraction of sp³-hybridized carbons (Fsp3) is 0.368. The summed E-state index contributed by atoms with van der Waals surface area (Å²) in [5, 5.41) is 0.442. The zero-order valence-electron chi connectivity index (χ0n) is 12.7. The predicted octanol–water partition coefficient (Wildman–Crippen LogP) is 4.24. The first-order valence-electron chi connectivity index (χ1n) is 7.94. The monoisotopic (exact) mass is 313 g/mol. The van der Waals surface area contributed by atoms with E-state index in [-0.39, 0.29) is 6.04 Å². The van der Waals surface area contributed by atoms with Crippen molar-refractivity contribution in [2.24, 2.45) is 5.73 Å². The maximum Gasteiger partial charge on any atom is 0.0720 e. The van der Waals surface area contributed by atoms with Crippen LogP contribution in [-0.4, -0.2) is 17.4 Å². The van der Waals surface area contributed by atoms with Gasteiger partial charge in [0, 0.05) is 16.2 Å². The van der Waals surface area contributed by atoms with Crippen molar-refractivity contribution < 1.29 is 4.74 Å². The Bertz CT molecular complexity index is 560. The minimum absolute atomic E-state index is 0.266. The van der Waals surface area contributed by atoms with Gasteiger partial charge in [0.2, 0.25) is 0 Å². The van der Waals surface area contributed by atoms with E-state index in [1.807, 2.05) is 17.8 Å². The van der Waals surface area contributed by atoms with Crippen molar-refractivity contribution in [2.45, 2.75) is 48.2 Å². The molecule has 2 aromatic carbocycles. The molecule has 0 amide bonds. The van der Waals surface area contributed by atoms with Gasteiger partial charge in [0.05, 0.1) is 12.7 Å². The van der Waals surface area contributed by atoms with E-state index in [1.165, 1.54) is 10.5 Å². The molecule has 116 valence electrons. The van der Waals surface area contributed by atoms with Crippen molar-refractivity contribution in [3.8, 4) is 0 Å². The SMILES string of the molecule is N[C@H]1CC[C@H](OCc2ccccc2)C[C@@H]1Sc1ccccc1. The summed E-state index contributed by atoms with van der Waals surface area (Å²) >= 11 is 1.89. The van der Waals surface area contributed by atoms with E-state index < -0.39 is 0 Å². The van der Waals surface area contributed by atoms with Crippen molar-refractivity contribution in [2.75, 3.05) is 0 Å². The Balaban J connectivity index is 1.54. The van der Waals surface area contributed by atoms with Crippen LogP contribution in [0.25, 0.3) is 0 Å².